The smallest absolute Gasteiger partial charge is 0.176 e. The molecule has 0 aliphatic heterocycles. The fraction of sp³-hybridized carbons (Fsp3) is 0.125. The van der Waals surface area contributed by atoms with Crippen LogP contribution in [-0.2, 0) is 6.42 Å². The number of phenolic OH excluding ortho intramolecular Hbond substituents is 1. The second-order valence-corrected chi connectivity index (χ2v) is 4.36. The molecule has 2 aromatic carbocycles. The molecule has 0 atom stereocenters. The van der Waals surface area contributed by atoms with Crippen molar-refractivity contribution >= 4 is 11.0 Å². The third-order valence-corrected chi connectivity index (χ3v) is 3.17. The SMILES string of the molecule is CCc1ccc(-c2cc3cccc(O)c3o2)cc1. The third-order valence-electron chi connectivity index (χ3n) is 3.17. The lowest BCUT2D eigenvalue weighted by Gasteiger charge is -1.99. The number of rotatable bonds is 2. The number of aryl methyl sites for hydroxylation is 1. The largest absolute Gasteiger partial charge is 0.504 e. The topological polar surface area (TPSA) is 33.4 Å². The fourth-order valence-corrected chi connectivity index (χ4v) is 2.09. The molecule has 0 saturated heterocycles. The van der Waals surface area contributed by atoms with Crippen molar-refractivity contribution in [3.8, 4) is 17.1 Å². The van der Waals surface area contributed by atoms with Gasteiger partial charge in [0.25, 0.3) is 0 Å². The lowest BCUT2D eigenvalue weighted by atomic mass is 10.1. The van der Waals surface area contributed by atoms with E-state index in [4.69, 9.17) is 4.42 Å². The first kappa shape index (κ1) is 10.9. The summed E-state index contributed by atoms with van der Waals surface area (Å²) in [4.78, 5) is 0. The van der Waals surface area contributed by atoms with Gasteiger partial charge in [-0.05, 0) is 24.1 Å². The van der Waals surface area contributed by atoms with Crippen LogP contribution < -0.4 is 0 Å². The lowest BCUT2D eigenvalue weighted by molar-refractivity contribution is 0.466. The number of phenols is 1. The van der Waals surface area contributed by atoms with Gasteiger partial charge in [-0.25, -0.2) is 0 Å². The molecule has 1 N–H and O–H groups in total. The first-order chi connectivity index (χ1) is 8.78. The highest BCUT2D eigenvalue weighted by molar-refractivity contribution is 5.87. The fourth-order valence-electron chi connectivity index (χ4n) is 2.09. The predicted molar refractivity (Wildman–Crippen MR) is 72.7 cm³/mol. The zero-order valence-corrected chi connectivity index (χ0v) is 10.2. The van der Waals surface area contributed by atoms with Gasteiger partial charge in [-0.3, -0.25) is 0 Å². The van der Waals surface area contributed by atoms with Crippen molar-refractivity contribution < 1.29 is 9.52 Å². The van der Waals surface area contributed by atoms with Crippen LogP contribution in [0.15, 0.2) is 52.9 Å². The Balaban J connectivity index is 2.10. The molecule has 18 heavy (non-hydrogen) atoms. The van der Waals surface area contributed by atoms with Crippen molar-refractivity contribution in [2.45, 2.75) is 13.3 Å². The Bertz CT molecular complexity index is 678. The van der Waals surface area contributed by atoms with E-state index in [2.05, 4.69) is 19.1 Å². The van der Waals surface area contributed by atoms with Gasteiger partial charge < -0.3 is 9.52 Å². The lowest BCUT2D eigenvalue weighted by Crippen LogP contribution is -1.79. The maximum absolute atomic E-state index is 9.72. The van der Waals surface area contributed by atoms with Crippen LogP contribution in [0.2, 0.25) is 0 Å². The molecule has 0 amide bonds. The summed E-state index contributed by atoms with van der Waals surface area (Å²) in [6.45, 7) is 2.13. The third kappa shape index (κ3) is 1.76. The van der Waals surface area contributed by atoms with Crippen LogP contribution in [0.4, 0.5) is 0 Å². The van der Waals surface area contributed by atoms with E-state index in [1.807, 2.05) is 30.3 Å². The first-order valence-corrected chi connectivity index (χ1v) is 6.09. The Morgan fingerprint density at radius 3 is 2.50 bits per heavy atom. The van der Waals surface area contributed by atoms with Crippen molar-refractivity contribution in [1.29, 1.82) is 0 Å². The number of aromatic hydroxyl groups is 1. The Kier molecular flexibility index (Phi) is 2.56. The normalized spacial score (nSPS) is 10.9. The molecule has 3 rings (SSSR count). The van der Waals surface area contributed by atoms with E-state index >= 15 is 0 Å². The zero-order valence-electron chi connectivity index (χ0n) is 10.2. The average molecular weight is 238 g/mol. The molecule has 2 heteroatoms. The number of para-hydroxylation sites is 1. The molecule has 0 aliphatic rings. The maximum atomic E-state index is 9.72. The van der Waals surface area contributed by atoms with Gasteiger partial charge in [-0.15, -0.1) is 0 Å². The number of hydrogen-bond acceptors (Lipinski definition) is 2. The van der Waals surface area contributed by atoms with Crippen molar-refractivity contribution in [3.05, 3.63) is 54.1 Å². The summed E-state index contributed by atoms with van der Waals surface area (Å²) in [6.07, 6.45) is 1.03. The van der Waals surface area contributed by atoms with Crippen LogP contribution in [0.3, 0.4) is 0 Å². The highest BCUT2D eigenvalue weighted by Gasteiger charge is 2.08. The minimum absolute atomic E-state index is 0.184. The molecule has 1 heterocycles. The molecule has 0 saturated carbocycles. The van der Waals surface area contributed by atoms with Crippen molar-refractivity contribution in [2.75, 3.05) is 0 Å². The average Bonchev–Trinajstić information content (AvgIpc) is 2.84. The summed E-state index contributed by atoms with van der Waals surface area (Å²) >= 11 is 0. The number of hydrogen-bond donors (Lipinski definition) is 1. The summed E-state index contributed by atoms with van der Waals surface area (Å²) in [6, 6.07) is 15.6. The van der Waals surface area contributed by atoms with Crippen LogP contribution in [0.25, 0.3) is 22.3 Å². The van der Waals surface area contributed by atoms with Crippen molar-refractivity contribution in [3.63, 3.8) is 0 Å². The van der Waals surface area contributed by atoms with Gasteiger partial charge in [0.15, 0.2) is 11.3 Å². The molecule has 0 spiro atoms. The van der Waals surface area contributed by atoms with Gasteiger partial charge in [-0.1, -0.05) is 43.3 Å². The second kappa shape index (κ2) is 4.22. The van der Waals surface area contributed by atoms with Crippen molar-refractivity contribution in [2.24, 2.45) is 0 Å². The molecule has 0 unspecified atom stereocenters. The quantitative estimate of drug-likeness (QED) is 0.719. The van der Waals surface area contributed by atoms with Crippen LogP contribution >= 0.6 is 0 Å². The van der Waals surface area contributed by atoms with Crippen LogP contribution in [-0.4, -0.2) is 5.11 Å². The van der Waals surface area contributed by atoms with Crippen LogP contribution in [0.5, 0.6) is 5.75 Å². The Morgan fingerprint density at radius 1 is 1.06 bits per heavy atom. The van der Waals surface area contributed by atoms with Gasteiger partial charge >= 0.3 is 0 Å². The van der Waals surface area contributed by atoms with Gasteiger partial charge in [0, 0.05) is 10.9 Å². The van der Waals surface area contributed by atoms with Gasteiger partial charge in [-0.2, -0.15) is 0 Å². The van der Waals surface area contributed by atoms with Gasteiger partial charge in [0.1, 0.15) is 5.76 Å². The van der Waals surface area contributed by atoms with E-state index in [1.54, 1.807) is 6.07 Å². The summed E-state index contributed by atoms with van der Waals surface area (Å²) < 4.78 is 5.71. The van der Waals surface area contributed by atoms with Gasteiger partial charge in [0.2, 0.25) is 0 Å². The van der Waals surface area contributed by atoms with Crippen LogP contribution in [0, 0.1) is 0 Å². The van der Waals surface area contributed by atoms with Crippen molar-refractivity contribution in [1.82, 2.24) is 0 Å². The molecule has 90 valence electrons. The molecule has 0 bridgehead atoms. The Hall–Kier alpha value is -2.22. The summed E-state index contributed by atoms with van der Waals surface area (Å²) in [5, 5.41) is 10.6. The molecular formula is C16H14O2. The Labute approximate surface area is 105 Å². The first-order valence-electron chi connectivity index (χ1n) is 6.09. The molecule has 0 radical (unpaired) electrons. The standard InChI is InChI=1S/C16H14O2/c1-2-11-6-8-12(9-7-11)15-10-13-4-3-5-14(17)16(13)18-15/h3-10,17H,2H2,1H3. The minimum atomic E-state index is 0.184. The molecule has 2 nitrogen and oxygen atoms in total. The highest BCUT2D eigenvalue weighted by Crippen LogP contribution is 2.32. The molecule has 0 fully saturated rings. The number of fused-ring (bicyclic) bond motifs is 1. The molecule has 1 aromatic heterocycles. The van der Waals surface area contributed by atoms with E-state index in [0.717, 1.165) is 23.1 Å². The van der Waals surface area contributed by atoms with E-state index in [-0.39, 0.29) is 5.75 Å². The minimum Gasteiger partial charge on any atom is -0.504 e. The maximum Gasteiger partial charge on any atom is 0.176 e. The molecule has 3 aromatic rings. The van der Waals surface area contributed by atoms with E-state index < -0.39 is 0 Å². The van der Waals surface area contributed by atoms with E-state index in [9.17, 15) is 5.11 Å². The summed E-state index contributed by atoms with van der Waals surface area (Å²) in [5.41, 5.74) is 2.88. The number of furan rings is 1. The van der Waals surface area contributed by atoms with Crippen LogP contribution in [0.1, 0.15) is 12.5 Å². The Morgan fingerprint density at radius 2 is 1.83 bits per heavy atom. The molecule has 0 aliphatic carbocycles. The highest BCUT2D eigenvalue weighted by atomic mass is 16.4. The predicted octanol–water partition coefficient (Wildman–Crippen LogP) is 4.37. The van der Waals surface area contributed by atoms with Gasteiger partial charge in [0.05, 0.1) is 0 Å². The summed E-state index contributed by atoms with van der Waals surface area (Å²) in [5.74, 6) is 0.970. The zero-order chi connectivity index (χ0) is 12.5. The summed E-state index contributed by atoms with van der Waals surface area (Å²) in [7, 11) is 0. The molecular weight excluding hydrogens is 224 g/mol. The monoisotopic (exact) mass is 238 g/mol. The second-order valence-electron chi connectivity index (χ2n) is 4.36. The van der Waals surface area contributed by atoms with E-state index in [1.165, 1.54) is 5.56 Å². The van der Waals surface area contributed by atoms with E-state index in [0.29, 0.717) is 5.58 Å². The number of benzene rings is 2.